The first kappa shape index (κ1) is 20.7. The minimum atomic E-state index is -1.06. The molecule has 0 saturated carbocycles. The monoisotopic (exact) mass is 430 g/mol. The van der Waals surface area contributed by atoms with Crippen LogP contribution >= 0.6 is 11.8 Å². The molecule has 0 saturated heterocycles. The number of carbonyl (C=O) groups is 2. The quantitative estimate of drug-likeness (QED) is 0.604. The maximum atomic E-state index is 13.1. The number of nitrogens with zero attached hydrogens (tertiary/aromatic N) is 2. The molecule has 1 aliphatic heterocycles. The zero-order valence-corrected chi connectivity index (χ0v) is 18.0. The lowest BCUT2D eigenvalue weighted by molar-refractivity contribution is -0.119. The predicted octanol–water partition coefficient (Wildman–Crippen LogP) is 4.37. The molecule has 0 radical (unpaired) electrons. The van der Waals surface area contributed by atoms with E-state index < -0.39 is 12.2 Å². The summed E-state index contributed by atoms with van der Waals surface area (Å²) in [5, 5.41) is 5.49. The van der Waals surface area contributed by atoms with E-state index in [1.54, 1.807) is 18.8 Å². The number of amides is 3. The Labute approximate surface area is 185 Å². The number of anilines is 2. The zero-order valence-electron chi connectivity index (χ0n) is 17.2. The molecule has 0 spiro atoms. The zero-order chi connectivity index (χ0) is 21.8. The van der Waals surface area contributed by atoms with Gasteiger partial charge in [-0.15, -0.1) is 11.8 Å². The van der Waals surface area contributed by atoms with E-state index in [1.807, 2.05) is 85.1 Å². The van der Waals surface area contributed by atoms with Gasteiger partial charge in [0.25, 0.3) is 5.91 Å². The molecule has 4 rings (SSSR count). The third kappa shape index (κ3) is 4.46. The molecule has 0 bridgehead atoms. The highest BCUT2D eigenvalue weighted by atomic mass is 32.2. The normalized spacial score (nSPS) is 15.5. The molecule has 1 atom stereocenters. The second kappa shape index (κ2) is 9.06. The Morgan fingerprint density at radius 1 is 0.968 bits per heavy atom. The summed E-state index contributed by atoms with van der Waals surface area (Å²) in [6.45, 7) is 0. The summed E-state index contributed by atoms with van der Waals surface area (Å²) in [6, 6.07) is 24.2. The molecule has 1 heterocycles. The highest BCUT2D eigenvalue weighted by Crippen LogP contribution is 2.27. The van der Waals surface area contributed by atoms with Crippen molar-refractivity contribution in [2.24, 2.45) is 4.99 Å². The molecule has 6 nitrogen and oxygen atoms in total. The molecule has 0 aromatic heterocycles. The lowest BCUT2D eigenvalue weighted by Crippen LogP contribution is -2.47. The first-order valence-corrected chi connectivity index (χ1v) is 11.0. The molecule has 1 aliphatic rings. The number of hydrogen-bond donors (Lipinski definition) is 2. The SMILES string of the molecule is CSc1ccc(NC(=O)NC2N=C(c3ccccc3)c3ccccc3N(C)C2=O)cc1. The van der Waals surface area contributed by atoms with Crippen molar-refractivity contribution in [1.82, 2.24) is 5.32 Å². The van der Waals surface area contributed by atoms with Gasteiger partial charge in [0.2, 0.25) is 6.17 Å². The summed E-state index contributed by atoms with van der Waals surface area (Å²) in [5.41, 5.74) is 3.75. The van der Waals surface area contributed by atoms with Crippen molar-refractivity contribution in [3.63, 3.8) is 0 Å². The Bertz CT molecular complexity index is 1130. The van der Waals surface area contributed by atoms with Gasteiger partial charge in [0.05, 0.1) is 11.4 Å². The second-order valence-corrected chi connectivity index (χ2v) is 7.87. The van der Waals surface area contributed by atoms with Crippen LogP contribution in [0, 0.1) is 0 Å². The molecule has 1 unspecified atom stereocenters. The Morgan fingerprint density at radius 3 is 2.35 bits per heavy atom. The fourth-order valence-electron chi connectivity index (χ4n) is 3.41. The lowest BCUT2D eigenvalue weighted by Gasteiger charge is -2.21. The number of urea groups is 1. The fourth-order valence-corrected chi connectivity index (χ4v) is 3.82. The van der Waals surface area contributed by atoms with E-state index in [0.29, 0.717) is 11.4 Å². The van der Waals surface area contributed by atoms with Crippen LogP contribution in [0.4, 0.5) is 16.2 Å². The van der Waals surface area contributed by atoms with Gasteiger partial charge < -0.3 is 15.5 Å². The van der Waals surface area contributed by atoms with Crippen LogP contribution in [0.2, 0.25) is 0 Å². The number of nitrogens with one attached hydrogen (secondary N) is 2. The fraction of sp³-hybridized carbons (Fsp3) is 0.125. The number of thioether (sulfide) groups is 1. The average molecular weight is 431 g/mol. The lowest BCUT2D eigenvalue weighted by atomic mass is 10.0. The highest BCUT2D eigenvalue weighted by Gasteiger charge is 2.30. The van der Waals surface area contributed by atoms with E-state index in [4.69, 9.17) is 0 Å². The summed E-state index contributed by atoms with van der Waals surface area (Å²) in [7, 11) is 1.69. The van der Waals surface area contributed by atoms with Gasteiger partial charge >= 0.3 is 6.03 Å². The van der Waals surface area contributed by atoms with Gasteiger partial charge in [-0.3, -0.25) is 4.79 Å². The van der Waals surface area contributed by atoms with Crippen molar-refractivity contribution in [2.75, 3.05) is 23.5 Å². The van der Waals surface area contributed by atoms with Crippen molar-refractivity contribution in [3.8, 4) is 0 Å². The largest absolute Gasteiger partial charge is 0.321 e. The molecule has 3 amide bonds. The topological polar surface area (TPSA) is 73.8 Å². The minimum Gasteiger partial charge on any atom is -0.311 e. The van der Waals surface area contributed by atoms with E-state index in [-0.39, 0.29) is 5.91 Å². The van der Waals surface area contributed by atoms with Crippen LogP contribution in [0.15, 0.2) is 88.8 Å². The number of carbonyl (C=O) groups excluding carboxylic acids is 2. The number of benzene rings is 3. The van der Waals surface area contributed by atoms with Gasteiger partial charge in [0.1, 0.15) is 0 Å². The third-order valence-corrected chi connectivity index (χ3v) is 5.75. The number of benzodiazepines with no additional fused rings is 1. The molecular weight excluding hydrogens is 408 g/mol. The smallest absolute Gasteiger partial charge is 0.311 e. The van der Waals surface area contributed by atoms with Gasteiger partial charge in [-0.1, -0.05) is 48.5 Å². The molecule has 0 fully saturated rings. The van der Waals surface area contributed by atoms with E-state index >= 15 is 0 Å². The first-order valence-electron chi connectivity index (χ1n) is 9.78. The average Bonchev–Trinajstić information content (AvgIpc) is 2.91. The van der Waals surface area contributed by atoms with Crippen LogP contribution in [-0.2, 0) is 4.79 Å². The Kier molecular flexibility index (Phi) is 6.04. The standard InChI is InChI=1S/C24H22N4O2S/c1-28-20-11-7-6-10-19(20)21(16-8-4-3-5-9-16)26-22(23(28)29)27-24(30)25-17-12-14-18(31-2)15-13-17/h3-15,22H,1-2H3,(H2,25,27,30). The maximum absolute atomic E-state index is 13.1. The van der Waals surface area contributed by atoms with Gasteiger partial charge in [0, 0.05) is 28.8 Å². The van der Waals surface area contributed by atoms with Gasteiger partial charge in [-0.25, -0.2) is 9.79 Å². The van der Waals surface area contributed by atoms with Crippen molar-refractivity contribution in [2.45, 2.75) is 11.1 Å². The highest BCUT2D eigenvalue weighted by molar-refractivity contribution is 7.98. The Hall–Kier alpha value is -3.58. The van der Waals surface area contributed by atoms with Crippen molar-refractivity contribution in [1.29, 1.82) is 0 Å². The minimum absolute atomic E-state index is 0.314. The maximum Gasteiger partial charge on any atom is 0.321 e. The number of hydrogen-bond acceptors (Lipinski definition) is 4. The van der Waals surface area contributed by atoms with E-state index in [0.717, 1.165) is 21.7 Å². The van der Waals surface area contributed by atoms with Gasteiger partial charge in [0.15, 0.2) is 0 Å². The number of aliphatic imine (C=N–C) groups is 1. The van der Waals surface area contributed by atoms with E-state index in [2.05, 4.69) is 15.6 Å². The first-order chi connectivity index (χ1) is 15.1. The van der Waals surface area contributed by atoms with Gasteiger partial charge in [-0.2, -0.15) is 0 Å². The summed E-state index contributed by atoms with van der Waals surface area (Å²) in [6.07, 6.45) is 0.932. The van der Waals surface area contributed by atoms with Crippen LogP contribution in [-0.4, -0.2) is 37.1 Å². The van der Waals surface area contributed by atoms with Crippen molar-refractivity contribution in [3.05, 3.63) is 90.0 Å². The number of rotatable bonds is 4. The van der Waals surface area contributed by atoms with Crippen molar-refractivity contribution < 1.29 is 9.59 Å². The third-order valence-electron chi connectivity index (χ3n) is 5.01. The molecule has 156 valence electrons. The number of fused-ring (bicyclic) bond motifs is 1. The molecule has 7 heteroatoms. The van der Waals surface area contributed by atoms with E-state index in [9.17, 15) is 9.59 Å². The molecule has 2 N–H and O–H groups in total. The number of likely N-dealkylation sites (N-methyl/N-ethyl adjacent to an activating group) is 1. The summed E-state index contributed by atoms with van der Waals surface area (Å²) in [5.74, 6) is -0.314. The Balaban J connectivity index is 1.65. The number of para-hydroxylation sites is 1. The van der Waals surface area contributed by atoms with E-state index in [1.165, 1.54) is 4.90 Å². The van der Waals surface area contributed by atoms with Gasteiger partial charge in [-0.05, 0) is 36.6 Å². The van der Waals surface area contributed by atoms with Crippen LogP contribution in [0.3, 0.4) is 0 Å². The molecule has 3 aromatic carbocycles. The van der Waals surface area contributed by atoms with Crippen LogP contribution in [0.5, 0.6) is 0 Å². The molecule has 3 aromatic rings. The Morgan fingerprint density at radius 2 is 1.65 bits per heavy atom. The molecule has 0 aliphatic carbocycles. The predicted molar refractivity (Wildman–Crippen MR) is 126 cm³/mol. The summed E-state index contributed by atoms with van der Waals surface area (Å²) < 4.78 is 0. The summed E-state index contributed by atoms with van der Waals surface area (Å²) in [4.78, 5) is 33.1. The molecule has 31 heavy (non-hydrogen) atoms. The molecular formula is C24H22N4O2S. The van der Waals surface area contributed by atoms with Crippen molar-refractivity contribution >= 4 is 40.8 Å². The van der Waals surface area contributed by atoms with Crippen LogP contribution < -0.4 is 15.5 Å². The van der Waals surface area contributed by atoms with Crippen LogP contribution in [0.25, 0.3) is 0 Å². The summed E-state index contributed by atoms with van der Waals surface area (Å²) >= 11 is 1.62. The second-order valence-electron chi connectivity index (χ2n) is 6.99. The van der Waals surface area contributed by atoms with Crippen LogP contribution in [0.1, 0.15) is 11.1 Å².